The predicted octanol–water partition coefficient (Wildman–Crippen LogP) is 3.61. The largest absolute Gasteiger partial charge is 0.342 e. The molecule has 7 heteroatoms. The van der Waals surface area contributed by atoms with Gasteiger partial charge < -0.3 is 5.32 Å². The van der Waals surface area contributed by atoms with Gasteiger partial charge in [0.2, 0.25) is 0 Å². The SMILES string of the molecule is CSCC[C@@H](NC(=O)c1ccc(Cl)cc1)c1nnc2ccccn12. The molecule has 0 spiro atoms. The summed E-state index contributed by atoms with van der Waals surface area (Å²) in [6.07, 6.45) is 4.72. The third-order valence-electron chi connectivity index (χ3n) is 3.67. The molecule has 0 unspecified atom stereocenters. The number of pyridine rings is 1. The van der Waals surface area contributed by atoms with Gasteiger partial charge in [-0.3, -0.25) is 9.20 Å². The molecule has 124 valence electrons. The van der Waals surface area contributed by atoms with Gasteiger partial charge in [-0.2, -0.15) is 11.8 Å². The fourth-order valence-electron chi connectivity index (χ4n) is 2.44. The second-order valence-corrected chi connectivity index (χ2v) is 6.72. The second-order valence-electron chi connectivity index (χ2n) is 5.30. The number of rotatable bonds is 6. The number of benzene rings is 1. The highest BCUT2D eigenvalue weighted by Gasteiger charge is 2.20. The number of hydrogen-bond acceptors (Lipinski definition) is 4. The van der Waals surface area contributed by atoms with Crippen LogP contribution in [0.3, 0.4) is 0 Å². The van der Waals surface area contributed by atoms with E-state index in [1.54, 1.807) is 36.0 Å². The van der Waals surface area contributed by atoms with E-state index in [0.717, 1.165) is 23.6 Å². The number of aromatic nitrogens is 3. The van der Waals surface area contributed by atoms with Crippen LogP contribution < -0.4 is 5.32 Å². The number of fused-ring (bicyclic) bond motifs is 1. The number of halogens is 1. The molecule has 0 saturated heterocycles. The summed E-state index contributed by atoms with van der Waals surface area (Å²) >= 11 is 7.61. The lowest BCUT2D eigenvalue weighted by atomic mass is 10.1. The fourth-order valence-corrected chi connectivity index (χ4v) is 3.04. The minimum absolute atomic E-state index is 0.148. The number of nitrogens with one attached hydrogen (secondary N) is 1. The second kappa shape index (κ2) is 7.68. The van der Waals surface area contributed by atoms with Gasteiger partial charge in [0.25, 0.3) is 5.91 Å². The Labute approximate surface area is 149 Å². The maximum atomic E-state index is 12.5. The van der Waals surface area contributed by atoms with Crippen LogP contribution in [-0.2, 0) is 0 Å². The van der Waals surface area contributed by atoms with Crippen molar-refractivity contribution in [3.05, 3.63) is 65.1 Å². The number of nitrogens with zero attached hydrogens (tertiary/aromatic N) is 3. The molecule has 0 aliphatic carbocycles. The normalized spacial score (nSPS) is 12.2. The van der Waals surface area contributed by atoms with Crippen LogP contribution in [0.2, 0.25) is 5.02 Å². The molecular formula is C17H17ClN4OS. The van der Waals surface area contributed by atoms with Gasteiger partial charge in [-0.05, 0) is 54.8 Å². The van der Waals surface area contributed by atoms with Gasteiger partial charge in [-0.15, -0.1) is 10.2 Å². The Morgan fingerprint density at radius 3 is 2.79 bits per heavy atom. The molecule has 1 atom stereocenters. The lowest BCUT2D eigenvalue weighted by Gasteiger charge is -2.17. The first-order valence-electron chi connectivity index (χ1n) is 7.54. The molecule has 24 heavy (non-hydrogen) atoms. The summed E-state index contributed by atoms with van der Waals surface area (Å²) in [4.78, 5) is 12.5. The highest BCUT2D eigenvalue weighted by molar-refractivity contribution is 7.98. The number of thioether (sulfide) groups is 1. The molecule has 3 aromatic rings. The van der Waals surface area contributed by atoms with Gasteiger partial charge in [0, 0.05) is 16.8 Å². The first-order valence-corrected chi connectivity index (χ1v) is 9.31. The maximum absolute atomic E-state index is 12.5. The summed E-state index contributed by atoms with van der Waals surface area (Å²) < 4.78 is 1.91. The maximum Gasteiger partial charge on any atom is 0.251 e. The summed E-state index contributed by atoms with van der Waals surface area (Å²) in [6.45, 7) is 0. The van der Waals surface area contributed by atoms with Crippen LogP contribution in [0.15, 0.2) is 48.7 Å². The summed E-state index contributed by atoms with van der Waals surface area (Å²) in [5.41, 5.74) is 1.34. The van der Waals surface area contributed by atoms with Crippen LogP contribution >= 0.6 is 23.4 Å². The van der Waals surface area contributed by atoms with Crippen molar-refractivity contribution in [3.8, 4) is 0 Å². The Kier molecular flexibility index (Phi) is 5.37. The zero-order chi connectivity index (χ0) is 16.9. The predicted molar refractivity (Wildman–Crippen MR) is 97.6 cm³/mol. The average molecular weight is 361 g/mol. The lowest BCUT2D eigenvalue weighted by Crippen LogP contribution is -2.30. The monoisotopic (exact) mass is 360 g/mol. The number of carbonyl (C=O) groups excluding carboxylic acids is 1. The Bertz CT molecular complexity index is 834. The van der Waals surface area contributed by atoms with Crippen molar-refractivity contribution >= 4 is 34.9 Å². The zero-order valence-corrected chi connectivity index (χ0v) is 14.7. The molecule has 0 fully saturated rings. The molecule has 0 saturated carbocycles. The van der Waals surface area contributed by atoms with Crippen LogP contribution in [0.1, 0.15) is 28.6 Å². The van der Waals surface area contributed by atoms with E-state index in [1.165, 1.54) is 0 Å². The van der Waals surface area contributed by atoms with Gasteiger partial charge in [0.05, 0.1) is 6.04 Å². The van der Waals surface area contributed by atoms with E-state index >= 15 is 0 Å². The van der Waals surface area contributed by atoms with Gasteiger partial charge in [-0.1, -0.05) is 17.7 Å². The summed E-state index contributed by atoms with van der Waals surface area (Å²) in [6, 6.07) is 12.4. The van der Waals surface area contributed by atoms with Crippen molar-refractivity contribution < 1.29 is 4.79 Å². The number of amides is 1. The van der Waals surface area contributed by atoms with Crippen molar-refractivity contribution in [2.45, 2.75) is 12.5 Å². The highest BCUT2D eigenvalue weighted by Crippen LogP contribution is 2.19. The molecule has 1 aromatic carbocycles. The number of hydrogen-bond donors (Lipinski definition) is 1. The van der Waals surface area contributed by atoms with Crippen molar-refractivity contribution in [2.75, 3.05) is 12.0 Å². The molecule has 0 aliphatic heterocycles. The van der Waals surface area contributed by atoms with Gasteiger partial charge in [0.15, 0.2) is 11.5 Å². The summed E-state index contributed by atoms with van der Waals surface area (Å²) in [5.74, 6) is 1.50. The summed E-state index contributed by atoms with van der Waals surface area (Å²) in [5, 5.41) is 12.1. The minimum atomic E-state index is -0.210. The lowest BCUT2D eigenvalue weighted by molar-refractivity contribution is 0.0934. The fraction of sp³-hybridized carbons (Fsp3) is 0.235. The third-order valence-corrected chi connectivity index (χ3v) is 4.57. The molecule has 1 N–H and O–H groups in total. The van der Waals surface area contributed by atoms with Crippen LogP contribution in [0.4, 0.5) is 0 Å². The van der Waals surface area contributed by atoms with Gasteiger partial charge in [0.1, 0.15) is 0 Å². The van der Waals surface area contributed by atoms with E-state index in [-0.39, 0.29) is 11.9 Å². The Morgan fingerprint density at radius 1 is 1.25 bits per heavy atom. The van der Waals surface area contributed by atoms with Crippen LogP contribution in [0, 0.1) is 0 Å². The first kappa shape index (κ1) is 16.8. The van der Waals surface area contributed by atoms with Crippen LogP contribution in [0.5, 0.6) is 0 Å². The molecule has 1 amide bonds. The van der Waals surface area contributed by atoms with E-state index < -0.39 is 0 Å². The zero-order valence-electron chi connectivity index (χ0n) is 13.1. The minimum Gasteiger partial charge on any atom is -0.342 e. The van der Waals surface area contributed by atoms with Crippen molar-refractivity contribution in [1.29, 1.82) is 0 Å². The quantitative estimate of drug-likeness (QED) is 0.729. The molecule has 3 rings (SSSR count). The van der Waals surface area contributed by atoms with Crippen LogP contribution in [0.25, 0.3) is 5.65 Å². The van der Waals surface area contributed by atoms with Crippen molar-refractivity contribution in [3.63, 3.8) is 0 Å². The van der Waals surface area contributed by atoms with E-state index in [0.29, 0.717) is 10.6 Å². The Hall–Kier alpha value is -2.05. The third kappa shape index (κ3) is 3.71. The first-order chi connectivity index (χ1) is 11.7. The molecular weight excluding hydrogens is 344 g/mol. The molecule has 5 nitrogen and oxygen atoms in total. The van der Waals surface area contributed by atoms with Gasteiger partial charge in [-0.25, -0.2) is 0 Å². The standard InChI is InChI=1S/C17H17ClN4OS/c1-24-11-9-14(16-21-20-15-4-2-3-10-22(15)16)19-17(23)12-5-7-13(18)8-6-12/h2-8,10,14H,9,11H2,1H3,(H,19,23)/t14-/m1/s1. The topological polar surface area (TPSA) is 59.3 Å². The van der Waals surface area contributed by atoms with E-state index in [4.69, 9.17) is 11.6 Å². The Balaban J connectivity index is 1.86. The molecule has 0 bridgehead atoms. The molecule has 0 aliphatic rings. The van der Waals surface area contributed by atoms with E-state index in [9.17, 15) is 4.79 Å². The van der Waals surface area contributed by atoms with Crippen LogP contribution in [-0.4, -0.2) is 32.5 Å². The smallest absolute Gasteiger partial charge is 0.251 e. The summed E-state index contributed by atoms with van der Waals surface area (Å²) in [7, 11) is 0. The van der Waals surface area contributed by atoms with E-state index in [1.807, 2.05) is 35.1 Å². The molecule has 2 aromatic heterocycles. The number of carbonyl (C=O) groups is 1. The Morgan fingerprint density at radius 2 is 2.04 bits per heavy atom. The van der Waals surface area contributed by atoms with Gasteiger partial charge >= 0.3 is 0 Å². The molecule has 2 heterocycles. The van der Waals surface area contributed by atoms with Crippen molar-refractivity contribution in [1.82, 2.24) is 19.9 Å². The highest BCUT2D eigenvalue weighted by atomic mass is 35.5. The van der Waals surface area contributed by atoms with E-state index in [2.05, 4.69) is 15.5 Å². The average Bonchev–Trinajstić information content (AvgIpc) is 3.03. The van der Waals surface area contributed by atoms with Crippen molar-refractivity contribution in [2.24, 2.45) is 0 Å². The molecule has 0 radical (unpaired) electrons.